The highest BCUT2D eigenvalue weighted by atomic mass is 16.5. The van der Waals surface area contributed by atoms with Crippen molar-refractivity contribution >= 4 is 0 Å². The SMILES string of the molecule is COc1ccc(-c2nc(C)no2)cc1O. The molecule has 0 aliphatic heterocycles. The van der Waals surface area contributed by atoms with E-state index in [1.54, 1.807) is 19.1 Å². The highest BCUT2D eigenvalue weighted by Crippen LogP contribution is 2.30. The van der Waals surface area contributed by atoms with Gasteiger partial charge in [-0.05, 0) is 25.1 Å². The van der Waals surface area contributed by atoms with Gasteiger partial charge in [0.05, 0.1) is 7.11 Å². The van der Waals surface area contributed by atoms with Crippen LogP contribution < -0.4 is 4.74 Å². The second-order valence-corrected chi connectivity index (χ2v) is 3.03. The summed E-state index contributed by atoms with van der Waals surface area (Å²) in [6.07, 6.45) is 0. The van der Waals surface area contributed by atoms with E-state index in [4.69, 9.17) is 9.26 Å². The van der Waals surface area contributed by atoms with Crippen LogP contribution in [0.4, 0.5) is 0 Å². The summed E-state index contributed by atoms with van der Waals surface area (Å²) in [6, 6.07) is 4.90. The summed E-state index contributed by atoms with van der Waals surface area (Å²) in [5, 5.41) is 13.2. The molecule has 0 aliphatic carbocycles. The zero-order chi connectivity index (χ0) is 10.8. The van der Waals surface area contributed by atoms with Crippen LogP contribution in [0.25, 0.3) is 11.5 Å². The van der Waals surface area contributed by atoms with Crippen molar-refractivity contribution in [2.24, 2.45) is 0 Å². The second-order valence-electron chi connectivity index (χ2n) is 3.03. The van der Waals surface area contributed by atoms with Crippen LogP contribution in [0.2, 0.25) is 0 Å². The Labute approximate surface area is 86.3 Å². The molecular weight excluding hydrogens is 196 g/mol. The Morgan fingerprint density at radius 2 is 2.20 bits per heavy atom. The molecule has 5 heteroatoms. The number of hydrogen-bond acceptors (Lipinski definition) is 5. The van der Waals surface area contributed by atoms with Gasteiger partial charge in [0.1, 0.15) is 0 Å². The summed E-state index contributed by atoms with van der Waals surface area (Å²) in [5.41, 5.74) is 0.661. The molecular formula is C10H10N2O3. The first-order valence-corrected chi connectivity index (χ1v) is 4.38. The lowest BCUT2D eigenvalue weighted by atomic mass is 10.2. The van der Waals surface area contributed by atoms with Gasteiger partial charge >= 0.3 is 0 Å². The van der Waals surface area contributed by atoms with Gasteiger partial charge in [0, 0.05) is 5.56 Å². The highest BCUT2D eigenvalue weighted by Gasteiger charge is 2.09. The van der Waals surface area contributed by atoms with Gasteiger partial charge in [-0.2, -0.15) is 4.98 Å². The summed E-state index contributed by atoms with van der Waals surface area (Å²) in [4.78, 5) is 4.05. The summed E-state index contributed by atoms with van der Waals surface area (Å²) in [6.45, 7) is 1.73. The summed E-state index contributed by atoms with van der Waals surface area (Å²) in [7, 11) is 1.49. The van der Waals surface area contributed by atoms with E-state index in [-0.39, 0.29) is 5.75 Å². The monoisotopic (exact) mass is 206 g/mol. The topological polar surface area (TPSA) is 68.4 Å². The molecule has 1 heterocycles. The zero-order valence-corrected chi connectivity index (χ0v) is 8.39. The van der Waals surface area contributed by atoms with Gasteiger partial charge in [-0.1, -0.05) is 5.16 Å². The zero-order valence-electron chi connectivity index (χ0n) is 8.39. The quantitative estimate of drug-likeness (QED) is 0.810. The minimum absolute atomic E-state index is 0.0471. The Morgan fingerprint density at radius 1 is 1.40 bits per heavy atom. The first-order chi connectivity index (χ1) is 7.20. The number of aromatic hydroxyl groups is 1. The number of methoxy groups -OCH3 is 1. The van der Waals surface area contributed by atoms with Crippen molar-refractivity contribution in [3.05, 3.63) is 24.0 Å². The third-order valence-corrected chi connectivity index (χ3v) is 1.95. The second kappa shape index (κ2) is 3.61. The van der Waals surface area contributed by atoms with Crippen LogP contribution in [-0.2, 0) is 0 Å². The predicted octanol–water partition coefficient (Wildman–Crippen LogP) is 1.76. The molecule has 0 atom stereocenters. The van der Waals surface area contributed by atoms with Crippen LogP contribution in [0.15, 0.2) is 22.7 Å². The molecule has 0 unspecified atom stereocenters. The predicted molar refractivity (Wildman–Crippen MR) is 52.7 cm³/mol. The van der Waals surface area contributed by atoms with Crippen molar-refractivity contribution in [3.63, 3.8) is 0 Å². The number of phenolic OH excluding ortho intramolecular Hbond substituents is 1. The minimum Gasteiger partial charge on any atom is -0.504 e. The van der Waals surface area contributed by atoms with E-state index in [2.05, 4.69) is 10.1 Å². The minimum atomic E-state index is 0.0471. The Kier molecular flexibility index (Phi) is 2.29. The van der Waals surface area contributed by atoms with Crippen LogP contribution in [-0.4, -0.2) is 22.4 Å². The lowest BCUT2D eigenvalue weighted by Crippen LogP contribution is -1.84. The third-order valence-electron chi connectivity index (χ3n) is 1.95. The van der Waals surface area contributed by atoms with E-state index in [0.29, 0.717) is 23.0 Å². The average Bonchev–Trinajstić information content (AvgIpc) is 2.65. The lowest BCUT2D eigenvalue weighted by molar-refractivity contribution is 0.373. The van der Waals surface area contributed by atoms with E-state index < -0.39 is 0 Å². The number of aromatic nitrogens is 2. The van der Waals surface area contributed by atoms with Crippen molar-refractivity contribution in [1.29, 1.82) is 0 Å². The summed E-state index contributed by atoms with van der Waals surface area (Å²) >= 11 is 0. The molecule has 2 aromatic rings. The molecule has 0 aliphatic rings. The molecule has 0 saturated carbocycles. The van der Waals surface area contributed by atoms with E-state index in [9.17, 15) is 5.11 Å². The molecule has 5 nitrogen and oxygen atoms in total. The fourth-order valence-electron chi connectivity index (χ4n) is 1.24. The highest BCUT2D eigenvalue weighted by molar-refractivity contribution is 5.59. The van der Waals surface area contributed by atoms with Gasteiger partial charge in [-0.15, -0.1) is 0 Å². The number of benzene rings is 1. The van der Waals surface area contributed by atoms with Crippen LogP contribution in [0.1, 0.15) is 5.82 Å². The molecule has 0 amide bonds. The van der Waals surface area contributed by atoms with Crippen molar-refractivity contribution in [2.45, 2.75) is 6.92 Å². The number of nitrogens with zero attached hydrogens (tertiary/aromatic N) is 2. The Morgan fingerprint density at radius 3 is 2.73 bits per heavy atom. The summed E-state index contributed by atoms with van der Waals surface area (Å²) < 4.78 is 9.89. The van der Waals surface area contributed by atoms with Gasteiger partial charge in [-0.25, -0.2) is 0 Å². The average molecular weight is 206 g/mol. The molecule has 0 radical (unpaired) electrons. The van der Waals surface area contributed by atoms with Crippen LogP contribution in [0, 0.1) is 6.92 Å². The molecule has 0 spiro atoms. The maximum absolute atomic E-state index is 9.54. The van der Waals surface area contributed by atoms with E-state index in [0.717, 1.165) is 0 Å². The number of hydrogen-bond donors (Lipinski definition) is 1. The molecule has 0 saturated heterocycles. The smallest absolute Gasteiger partial charge is 0.258 e. The maximum Gasteiger partial charge on any atom is 0.258 e. The lowest BCUT2D eigenvalue weighted by Gasteiger charge is -2.02. The van der Waals surface area contributed by atoms with Crippen molar-refractivity contribution < 1.29 is 14.4 Å². The summed E-state index contributed by atoms with van der Waals surface area (Å²) in [5.74, 6) is 1.40. The van der Waals surface area contributed by atoms with E-state index in [1.165, 1.54) is 13.2 Å². The molecule has 0 bridgehead atoms. The van der Waals surface area contributed by atoms with Crippen LogP contribution in [0.5, 0.6) is 11.5 Å². The van der Waals surface area contributed by atoms with Crippen molar-refractivity contribution in [1.82, 2.24) is 10.1 Å². The number of aryl methyl sites for hydroxylation is 1. The molecule has 1 N–H and O–H groups in total. The molecule has 2 rings (SSSR count). The molecule has 15 heavy (non-hydrogen) atoms. The van der Waals surface area contributed by atoms with Crippen molar-refractivity contribution in [3.8, 4) is 23.0 Å². The Hall–Kier alpha value is -2.04. The Balaban J connectivity index is 2.42. The van der Waals surface area contributed by atoms with E-state index in [1.807, 2.05) is 0 Å². The molecule has 1 aromatic heterocycles. The molecule has 78 valence electrons. The van der Waals surface area contributed by atoms with Gasteiger partial charge in [0.15, 0.2) is 17.3 Å². The van der Waals surface area contributed by atoms with Crippen molar-refractivity contribution in [2.75, 3.05) is 7.11 Å². The molecule has 0 fully saturated rings. The first-order valence-electron chi connectivity index (χ1n) is 4.38. The standard InChI is InChI=1S/C10H10N2O3/c1-6-11-10(15-12-6)7-3-4-9(14-2)8(13)5-7/h3-5,13H,1-2H3. The molecule has 1 aromatic carbocycles. The number of ether oxygens (including phenoxy) is 1. The largest absolute Gasteiger partial charge is 0.504 e. The number of rotatable bonds is 2. The van der Waals surface area contributed by atoms with Gasteiger partial charge in [0.25, 0.3) is 5.89 Å². The number of phenols is 1. The van der Waals surface area contributed by atoms with Crippen LogP contribution in [0.3, 0.4) is 0 Å². The third kappa shape index (κ3) is 1.76. The van der Waals surface area contributed by atoms with E-state index >= 15 is 0 Å². The van der Waals surface area contributed by atoms with Crippen LogP contribution >= 0.6 is 0 Å². The van der Waals surface area contributed by atoms with Gasteiger partial charge in [-0.3, -0.25) is 0 Å². The van der Waals surface area contributed by atoms with Gasteiger partial charge in [0.2, 0.25) is 0 Å². The first kappa shape index (κ1) is 9.51. The Bertz CT molecular complexity index is 479. The fourth-order valence-corrected chi connectivity index (χ4v) is 1.24. The maximum atomic E-state index is 9.54. The normalized spacial score (nSPS) is 10.3. The fraction of sp³-hybridized carbons (Fsp3) is 0.200. The van der Waals surface area contributed by atoms with Gasteiger partial charge < -0.3 is 14.4 Å².